The van der Waals surface area contributed by atoms with Crippen molar-refractivity contribution >= 4 is 18.4 Å². The van der Waals surface area contributed by atoms with Crippen molar-refractivity contribution in [1.29, 1.82) is 0 Å². The Labute approximate surface area is 113 Å². The lowest BCUT2D eigenvalue weighted by Gasteiger charge is -2.03. The summed E-state index contributed by atoms with van der Waals surface area (Å²) in [6.07, 6.45) is 0.773. The van der Waals surface area contributed by atoms with Gasteiger partial charge in [0.1, 0.15) is 0 Å². The van der Waals surface area contributed by atoms with Crippen molar-refractivity contribution < 1.29 is 9.90 Å². The fourth-order valence-corrected chi connectivity index (χ4v) is 1.75. The van der Waals surface area contributed by atoms with Crippen LogP contribution in [0, 0.1) is 0 Å². The molecule has 0 unspecified atom stereocenters. The monoisotopic (exact) mass is 262 g/mol. The van der Waals surface area contributed by atoms with E-state index < -0.39 is 5.97 Å². The van der Waals surface area contributed by atoms with Crippen molar-refractivity contribution in [3.8, 4) is 11.1 Å². The van der Waals surface area contributed by atoms with E-state index in [0.29, 0.717) is 6.42 Å². The molecule has 0 amide bonds. The molecule has 18 heavy (non-hydrogen) atoms. The molecule has 0 aliphatic heterocycles. The van der Waals surface area contributed by atoms with E-state index in [1.165, 1.54) is 5.56 Å². The van der Waals surface area contributed by atoms with E-state index in [0.717, 1.165) is 11.1 Å². The van der Waals surface area contributed by atoms with Crippen molar-refractivity contribution in [3.63, 3.8) is 0 Å². The van der Waals surface area contributed by atoms with Gasteiger partial charge >= 0.3 is 5.97 Å². The molecule has 0 aromatic heterocycles. The predicted molar refractivity (Wildman–Crippen MR) is 75.1 cm³/mol. The third-order valence-corrected chi connectivity index (χ3v) is 2.69. The summed E-state index contributed by atoms with van der Waals surface area (Å²) in [6, 6.07) is 18.2. The lowest BCUT2D eigenvalue weighted by atomic mass is 10.0. The minimum absolute atomic E-state index is 0. The normalized spacial score (nSPS) is 9.56. The predicted octanol–water partition coefficient (Wildman–Crippen LogP) is 3.79. The van der Waals surface area contributed by atoms with Gasteiger partial charge in [-0.25, -0.2) is 0 Å². The van der Waals surface area contributed by atoms with Crippen LogP contribution in [0.2, 0.25) is 0 Å². The second-order valence-electron chi connectivity index (χ2n) is 3.96. The van der Waals surface area contributed by atoms with Crippen LogP contribution in [0.4, 0.5) is 0 Å². The molecule has 0 heterocycles. The number of hydrogen-bond acceptors (Lipinski definition) is 1. The van der Waals surface area contributed by atoms with Gasteiger partial charge < -0.3 is 5.11 Å². The molecule has 2 nitrogen and oxygen atoms in total. The zero-order valence-corrected chi connectivity index (χ0v) is 10.7. The first kappa shape index (κ1) is 14.3. The number of aryl methyl sites for hydroxylation is 1. The fourth-order valence-electron chi connectivity index (χ4n) is 1.75. The average molecular weight is 263 g/mol. The minimum Gasteiger partial charge on any atom is -0.481 e. The van der Waals surface area contributed by atoms with Gasteiger partial charge in [0.15, 0.2) is 0 Å². The topological polar surface area (TPSA) is 37.3 Å². The van der Waals surface area contributed by atoms with Crippen LogP contribution in [0.25, 0.3) is 11.1 Å². The largest absolute Gasteiger partial charge is 0.481 e. The number of carbonyl (C=O) groups is 1. The quantitative estimate of drug-likeness (QED) is 0.910. The molecule has 2 aromatic carbocycles. The fraction of sp³-hybridized carbons (Fsp3) is 0.133. The Morgan fingerprint density at radius 1 is 0.889 bits per heavy atom. The number of carboxylic acids is 1. The molecule has 0 aliphatic rings. The first-order chi connectivity index (χ1) is 8.25. The Morgan fingerprint density at radius 3 is 2.00 bits per heavy atom. The molecular weight excluding hydrogens is 248 g/mol. The Balaban J connectivity index is 0.00000162. The molecule has 0 aliphatic carbocycles. The maximum Gasteiger partial charge on any atom is 0.303 e. The number of rotatable bonds is 4. The highest BCUT2D eigenvalue weighted by Crippen LogP contribution is 2.19. The second-order valence-corrected chi connectivity index (χ2v) is 3.96. The number of halogens is 1. The minimum atomic E-state index is -0.753. The number of hydrogen-bond donors (Lipinski definition) is 1. The van der Waals surface area contributed by atoms with Crippen molar-refractivity contribution in [1.82, 2.24) is 0 Å². The van der Waals surface area contributed by atoms with Gasteiger partial charge in [-0.2, -0.15) is 0 Å². The van der Waals surface area contributed by atoms with E-state index in [1.54, 1.807) is 0 Å². The van der Waals surface area contributed by atoms with Crippen LogP contribution in [-0.4, -0.2) is 11.1 Å². The standard InChI is InChI=1S/C15H14O2.ClH/c16-15(17)11-8-12-6-9-14(10-7-12)13-4-2-1-3-5-13;/h1-7,9-10H,8,11H2,(H,16,17);1H. The van der Waals surface area contributed by atoms with E-state index in [9.17, 15) is 4.79 Å². The third-order valence-electron chi connectivity index (χ3n) is 2.69. The molecule has 0 fully saturated rings. The van der Waals surface area contributed by atoms with Crippen molar-refractivity contribution in [2.75, 3.05) is 0 Å². The smallest absolute Gasteiger partial charge is 0.303 e. The van der Waals surface area contributed by atoms with Crippen LogP contribution in [0.1, 0.15) is 12.0 Å². The Kier molecular flexibility index (Phi) is 5.40. The summed E-state index contributed by atoms with van der Waals surface area (Å²) in [6.45, 7) is 0. The van der Waals surface area contributed by atoms with Crippen LogP contribution in [0.15, 0.2) is 54.6 Å². The number of aliphatic carboxylic acids is 1. The van der Waals surface area contributed by atoms with Crippen LogP contribution < -0.4 is 0 Å². The van der Waals surface area contributed by atoms with Crippen molar-refractivity contribution in [3.05, 3.63) is 60.2 Å². The molecule has 3 heteroatoms. The van der Waals surface area contributed by atoms with Gasteiger partial charge in [0, 0.05) is 6.42 Å². The van der Waals surface area contributed by atoms with Gasteiger partial charge in [0.2, 0.25) is 0 Å². The summed E-state index contributed by atoms with van der Waals surface area (Å²) in [4.78, 5) is 10.5. The van der Waals surface area contributed by atoms with E-state index in [-0.39, 0.29) is 18.8 Å². The highest BCUT2D eigenvalue weighted by atomic mass is 35.5. The van der Waals surface area contributed by atoms with Gasteiger partial charge in [0.05, 0.1) is 0 Å². The first-order valence-electron chi connectivity index (χ1n) is 5.62. The van der Waals surface area contributed by atoms with Gasteiger partial charge in [0.25, 0.3) is 0 Å². The van der Waals surface area contributed by atoms with Gasteiger partial charge in [-0.05, 0) is 23.1 Å². The van der Waals surface area contributed by atoms with Gasteiger partial charge in [-0.1, -0.05) is 54.6 Å². The molecule has 94 valence electrons. The summed E-state index contributed by atoms with van der Waals surface area (Å²) < 4.78 is 0. The van der Waals surface area contributed by atoms with Crippen LogP contribution >= 0.6 is 12.4 Å². The second kappa shape index (κ2) is 6.82. The molecule has 1 N–H and O–H groups in total. The average Bonchev–Trinajstić information content (AvgIpc) is 2.38. The number of benzene rings is 2. The summed E-state index contributed by atoms with van der Waals surface area (Å²) in [5, 5.41) is 8.61. The molecule has 0 bridgehead atoms. The van der Waals surface area contributed by atoms with E-state index in [2.05, 4.69) is 12.1 Å². The highest BCUT2D eigenvalue weighted by molar-refractivity contribution is 5.85. The molecule has 0 saturated carbocycles. The summed E-state index contributed by atoms with van der Waals surface area (Å²) in [5.41, 5.74) is 3.40. The molecule has 0 spiro atoms. The molecule has 0 atom stereocenters. The van der Waals surface area contributed by atoms with Gasteiger partial charge in [-0.15, -0.1) is 12.4 Å². The summed E-state index contributed by atoms with van der Waals surface area (Å²) in [5.74, 6) is -0.753. The third kappa shape index (κ3) is 3.90. The van der Waals surface area contributed by atoms with Crippen LogP contribution in [0.3, 0.4) is 0 Å². The lowest BCUT2D eigenvalue weighted by Crippen LogP contribution is -1.97. The Hall–Kier alpha value is -1.80. The van der Waals surface area contributed by atoms with E-state index in [1.807, 2.05) is 42.5 Å². The maximum absolute atomic E-state index is 10.5. The summed E-state index contributed by atoms with van der Waals surface area (Å²) in [7, 11) is 0. The first-order valence-corrected chi connectivity index (χ1v) is 5.62. The Morgan fingerprint density at radius 2 is 1.44 bits per heavy atom. The van der Waals surface area contributed by atoms with Crippen LogP contribution in [-0.2, 0) is 11.2 Å². The van der Waals surface area contributed by atoms with Crippen molar-refractivity contribution in [2.45, 2.75) is 12.8 Å². The molecular formula is C15H15ClO2. The van der Waals surface area contributed by atoms with E-state index in [4.69, 9.17) is 5.11 Å². The SMILES string of the molecule is Cl.O=C(O)CCc1ccc(-c2ccccc2)cc1. The molecule has 0 radical (unpaired) electrons. The highest BCUT2D eigenvalue weighted by Gasteiger charge is 2.00. The van der Waals surface area contributed by atoms with Crippen LogP contribution in [0.5, 0.6) is 0 Å². The zero-order chi connectivity index (χ0) is 12.1. The molecule has 0 saturated heterocycles. The number of carboxylic acid groups (broad SMARTS) is 1. The van der Waals surface area contributed by atoms with E-state index >= 15 is 0 Å². The lowest BCUT2D eigenvalue weighted by molar-refractivity contribution is -0.136. The molecule has 2 rings (SSSR count). The molecule has 2 aromatic rings. The van der Waals surface area contributed by atoms with Crippen molar-refractivity contribution in [2.24, 2.45) is 0 Å². The summed E-state index contributed by atoms with van der Waals surface area (Å²) >= 11 is 0. The van der Waals surface area contributed by atoms with Gasteiger partial charge in [-0.3, -0.25) is 4.79 Å². The Bertz CT molecular complexity index is 492. The zero-order valence-electron chi connectivity index (χ0n) is 9.87. The maximum atomic E-state index is 10.5.